The van der Waals surface area contributed by atoms with Crippen molar-refractivity contribution >= 4 is 0 Å². The lowest BCUT2D eigenvalue weighted by Gasteiger charge is -2.20. The van der Waals surface area contributed by atoms with Crippen molar-refractivity contribution in [3.05, 3.63) is 32.6 Å². The predicted molar refractivity (Wildman–Crippen MR) is 68.0 cm³/mol. The van der Waals surface area contributed by atoms with Crippen LogP contribution in [0.15, 0.2) is 15.8 Å². The van der Waals surface area contributed by atoms with Crippen LogP contribution >= 0.6 is 0 Å². The Morgan fingerprint density at radius 1 is 1.50 bits per heavy atom. The first-order chi connectivity index (χ1) is 9.51. The molecule has 2 aliphatic heterocycles. The van der Waals surface area contributed by atoms with E-state index in [9.17, 15) is 14.7 Å². The van der Waals surface area contributed by atoms with Crippen LogP contribution in [0.3, 0.4) is 0 Å². The van der Waals surface area contributed by atoms with Gasteiger partial charge < -0.3 is 9.84 Å². The Labute approximate surface area is 114 Å². The number of fused-ring (bicyclic) bond motifs is 1. The molecule has 110 valence electrons. The fourth-order valence-corrected chi connectivity index (χ4v) is 2.88. The van der Waals surface area contributed by atoms with Gasteiger partial charge >= 0.3 is 5.69 Å². The smallest absolute Gasteiger partial charge is 0.330 e. The highest BCUT2D eigenvalue weighted by atomic mass is 16.7. The molecular formula is C12H17N3O5. The fourth-order valence-electron chi connectivity index (χ4n) is 2.88. The molecule has 0 aliphatic carbocycles. The van der Waals surface area contributed by atoms with Crippen LogP contribution < -0.4 is 11.2 Å². The van der Waals surface area contributed by atoms with E-state index in [0.29, 0.717) is 12.1 Å². The van der Waals surface area contributed by atoms with Gasteiger partial charge in [-0.3, -0.25) is 19.2 Å². The van der Waals surface area contributed by atoms with Crippen molar-refractivity contribution in [2.45, 2.75) is 25.4 Å². The summed E-state index contributed by atoms with van der Waals surface area (Å²) in [4.78, 5) is 31.2. The molecule has 2 fully saturated rings. The fraction of sp³-hybridized carbons (Fsp3) is 0.667. The molecule has 20 heavy (non-hydrogen) atoms. The van der Waals surface area contributed by atoms with E-state index in [1.165, 1.54) is 10.8 Å². The van der Waals surface area contributed by atoms with E-state index in [1.807, 2.05) is 0 Å². The zero-order valence-electron chi connectivity index (χ0n) is 11.3. The zero-order chi connectivity index (χ0) is 14.4. The summed E-state index contributed by atoms with van der Waals surface area (Å²) in [6.45, 7) is 2.04. The van der Waals surface area contributed by atoms with Gasteiger partial charge in [0.1, 0.15) is 18.4 Å². The summed E-state index contributed by atoms with van der Waals surface area (Å²) in [5.41, 5.74) is -0.485. The van der Waals surface area contributed by atoms with Gasteiger partial charge in [-0.1, -0.05) is 0 Å². The van der Waals surface area contributed by atoms with Gasteiger partial charge in [-0.05, 0) is 6.92 Å². The Balaban J connectivity index is 2.00. The highest BCUT2D eigenvalue weighted by Gasteiger charge is 2.51. The Kier molecular flexibility index (Phi) is 3.25. The largest absolute Gasteiger partial charge is 0.394 e. The second kappa shape index (κ2) is 4.81. The molecule has 2 saturated heterocycles. The lowest BCUT2D eigenvalue weighted by molar-refractivity contribution is -0.167. The molecule has 1 aromatic heterocycles. The number of ether oxygens (including phenoxy) is 1. The number of nitrogens with zero attached hydrogens (tertiary/aromatic N) is 2. The summed E-state index contributed by atoms with van der Waals surface area (Å²) < 4.78 is 7.09. The molecule has 0 saturated carbocycles. The number of aryl methyl sites for hydroxylation is 1. The Bertz CT molecular complexity index is 624. The molecule has 0 spiro atoms. The van der Waals surface area contributed by atoms with E-state index < -0.39 is 23.6 Å². The van der Waals surface area contributed by atoms with E-state index in [4.69, 9.17) is 9.57 Å². The summed E-state index contributed by atoms with van der Waals surface area (Å²) in [6, 6.07) is 0. The van der Waals surface area contributed by atoms with Gasteiger partial charge in [0, 0.05) is 25.4 Å². The van der Waals surface area contributed by atoms with Crippen LogP contribution in [-0.2, 0) is 9.57 Å². The molecule has 8 nitrogen and oxygen atoms in total. The minimum atomic E-state index is -0.551. The molecule has 2 aliphatic rings. The number of hydrogen-bond acceptors (Lipinski definition) is 6. The lowest BCUT2D eigenvalue weighted by atomic mass is 10.0. The minimum Gasteiger partial charge on any atom is -0.394 e. The van der Waals surface area contributed by atoms with Crippen LogP contribution in [0.25, 0.3) is 0 Å². The van der Waals surface area contributed by atoms with Gasteiger partial charge in [0.05, 0.1) is 12.5 Å². The normalized spacial score (nSPS) is 33.5. The molecule has 2 N–H and O–H groups in total. The number of H-pyrrole nitrogens is 1. The highest BCUT2D eigenvalue weighted by Crippen LogP contribution is 2.40. The van der Waals surface area contributed by atoms with Crippen molar-refractivity contribution in [1.29, 1.82) is 0 Å². The standard InChI is InChI=1S/C12H17N3O5/c1-6-3-15(12(18)13-10(6)17)11-7-4-14(2)20-9(7)8(5-16)19-11/h3,7-9,11,16H,4-5H2,1-2H3,(H,13,17,18)/t7?,8-,9?,11-/m1/s1. The van der Waals surface area contributed by atoms with Crippen molar-refractivity contribution < 1.29 is 14.7 Å². The SMILES string of the molecule is Cc1cn([C@@H]2O[C@H](CO)C3ON(C)CC32)c(=O)[nH]c1=O. The quantitative estimate of drug-likeness (QED) is 0.692. The van der Waals surface area contributed by atoms with Gasteiger partial charge in [0.25, 0.3) is 5.56 Å². The topological polar surface area (TPSA) is 96.8 Å². The number of aromatic amines is 1. The summed E-state index contributed by atoms with van der Waals surface area (Å²) in [6.07, 6.45) is 0.175. The van der Waals surface area contributed by atoms with Crippen LogP contribution in [-0.4, -0.2) is 52.1 Å². The van der Waals surface area contributed by atoms with Crippen molar-refractivity contribution in [2.75, 3.05) is 20.2 Å². The first-order valence-electron chi connectivity index (χ1n) is 6.47. The maximum atomic E-state index is 12.0. The highest BCUT2D eigenvalue weighted by molar-refractivity contribution is 5.03. The number of hydrogen-bond donors (Lipinski definition) is 2. The van der Waals surface area contributed by atoms with E-state index in [2.05, 4.69) is 4.98 Å². The third-order valence-corrected chi connectivity index (χ3v) is 3.84. The van der Waals surface area contributed by atoms with Crippen molar-refractivity contribution in [3.8, 4) is 0 Å². The van der Waals surface area contributed by atoms with E-state index in [-0.39, 0.29) is 18.6 Å². The molecular weight excluding hydrogens is 266 g/mol. The van der Waals surface area contributed by atoms with Crippen molar-refractivity contribution in [3.63, 3.8) is 0 Å². The van der Waals surface area contributed by atoms with E-state index in [1.54, 1.807) is 19.0 Å². The zero-order valence-corrected chi connectivity index (χ0v) is 11.3. The van der Waals surface area contributed by atoms with E-state index in [0.717, 1.165) is 0 Å². The van der Waals surface area contributed by atoms with Gasteiger partial charge in [-0.25, -0.2) is 4.79 Å². The minimum absolute atomic E-state index is 0.0693. The van der Waals surface area contributed by atoms with Crippen LogP contribution in [0.1, 0.15) is 11.8 Å². The second-order valence-electron chi connectivity index (χ2n) is 5.27. The van der Waals surface area contributed by atoms with Gasteiger partial charge in [0.15, 0.2) is 0 Å². The number of rotatable bonds is 2. The number of aromatic nitrogens is 2. The number of hydroxylamine groups is 2. The second-order valence-corrected chi connectivity index (χ2v) is 5.27. The third kappa shape index (κ3) is 2.01. The predicted octanol–water partition coefficient (Wildman–Crippen LogP) is -1.40. The summed E-state index contributed by atoms with van der Waals surface area (Å²) in [5.74, 6) is -0.0693. The molecule has 2 unspecified atom stereocenters. The van der Waals surface area contributed by atoms with Gasteiger partial charge in [-0.15, -0.1) is 0 Å². The van der Waals surface area contributed by atoms with Crippen LogP contribution in [0.4, 0.5) is 0 Å². The summed E-state index contributed by atoms with van der Waals surface area (Å²) in [5, 5.41) is 11.0. The van der Waals surface area contributed by atoms with E-state index >= 15 is 0 Å². The molecule has 0 aromatic carbocycles. The Morgan fingerprint density at radius 3 is 2.95 bits per heavy atom. The Hall–Kier alpha value is -1.48. The maximum Gasteiger partial charge on any atom is 0.330 e. The van der Waals surface area contributed by atoms with Crippen molar-refractivity contribution in [2.24, 2.45) is 5.92 Å². The first-order valence-corrected chi connectivity index (χ1v) is 6.47. The molecule has 0 bridgehead atoms. The molecule has 4 atom stereocenters. The molecule has 0 amide bonds. The average Bonchev–Trinajstić information content (AvgIpc) is 2.91. The van der Waals surface area contributed by atoms with Crippen LogP contribution in [0, 0.1) is 12.8 Å². The maximum absolute atomic E-state index is 12.0. The molecule has 8 heteroatoms. The van der Waals surface area contributed by atoms with Gasteiger partial charge in [0.2, 0.25) is 0 Å². The lowest BCUT2D eigenvalue weighted by Crippen LogP contribution is -2.36. The molecule has 3 heterocycles. The monoisotopic (exact) mass is 283 g/mol. The van der Waals surface area contributed by atoms with Gasteiger partial charge in [-0.2, -0.15) is 5.06 Å². The van der Waals surface area contributed by atoms with Crippen LogP contribution in [0.5, 0.6) is 0 Å². The molecule has 1 aromatic rings. The molecule has 3 rings (SSSR count). The van der Waals surface area contributed by atoms with Crippen molar-refractivity contribution in [1.82, 2.24) is 14.6 Å². The number of aliphatic hydroxyl groups is 1. The Morgan fingerprint density at radius 2 is 2.25 bits per heavy atom. The summed E-state index contributed by atoms with van der Waals surface area (Å²) in [7, 11) is 1.80. The summed E-state index contributed by atoms with van der Waals surface area (Å²) >= 11 is 0. The average molecular weight is 283 g/mol. The number of nitrogens with one attached hydrogen (secondary N) is 1. The third-order valence-electron chi connectivity index (χ3n) is 3.84. The first kappa shape index (κ1) is 13.5. The number of aliphatic hydroxyl groups excluding tert-OH is 1. The van der Waals surface area contributed by atoms with Crippen LogP contribution in [0.2, 0.25) is 0 Å². The molecule has 0 radical (unpaired) electrons.